The Kier molecular flexibility index (Phi) is 5.19. The van der Waals surface area contributed by atoms with E-state index in [2.05, 4.69) is 5.32 Å². The first-order valence-corrected chi connectivity index (χ1v) is 6.94. The summed E-state index contributed by atoms with van der Waals surface area (Å²) in [7, 11) is 0. The van der Waals surface area contributed by atoms with Crippen molar-refractivity contribution in [3.63, 3.8) is 0 Å². The molecule has 1 aliphatic rings. The first-order valence-electron chi connectivity index (χ1n) is 6.56. The maximum absolute atomic E-state index is 12.1. The molecule has 1 atom stereocenters. The van der Waals surface area contributed by atoms with Crippen molar-refractivity contribution < 1.29 is 9.90 Å². The van der Waals surface area contributed by atoms with Crippen molar-refractivity contribution in [3.8, 4) is 0 Å². The van der Waals surface area contributed by atoms with Gasteiger partial charge in [-0.15, -0.1) is 0 Å². The molecule has 0 aromatic heterocycles. The van der Waals surface area contributed by atoms with Crippen LogP contribution in [0.5, 0.6) is 0 Å². The number of hydrogen-bond donors (Lipinski definition) is 2. The fourth-order valence-electron chi connectivity index (χ4n) is 2.18. The van der Waals surface area contributed by atoms with Crippen LogP contribution >= 0.6 is 11.6 Å². The van der Waals surface area contributed by atoms with Crippen molar-refractivity contribution in [2.75, 3.05) is 26.2 Å². The zero-order chi connectivity index (χ0) is 13.7. The topological polar surface area (TPSA) is 52.6 Å². The number of aryl methyl sites for hydroxylation is 1. The van der Waals surface area contributed by atoms with Gasteiger partial charge in [0.15, 0.2) is 0 Å². The van der Waals surface area contributed by atoms with E-state index in [9.17, 15) is 9.90 Å². The Balaban J connectivity index is 1.84. The fourth-order valence-corrected chi connectivity index (χ4v) is 2.31. The SMILES string of the molecule is O=C(CCc1ccc(Cl)cc1)N1CCNCC(O)C1. The second-order valence-corrected chi connectivity index (χ2v) is 5.26. The van der Waals surface area contributed by atoms with Gasteiger partial charge < -0.3 is 15.3 Å². The zero-order valence-corrected chi connectivity index (χ0v) is 11.6. The number of β-amino-alcohol motifs (C(OH)–C–C–N with tert-alkyl or cyclic N) is 1. The summed E-state index contributed by atoms with van der Waals surface area (Å²) in [6, 6.07) is 7.55. The molecule has 0 radical (unpaired) electrons. The third kappa shape index (κ3) is 4.49. The zero-order valence-electron chi connectivity index (χ0n) is 10.8. The number of aliphatic hydroxyl groups excluding tert-OH is 1. The van der Waals surface area contributed by atoms with Crippen molar-refractivity contribution in [1.29, 1.82) is 0 Å². The van der Waals surface area contributed by atoms with Crippen LogP contribution in [0.4, 0.5) is 0 Å². The molecular weight excluding hydrogens is 264 g/mol. The second-order valence-electron chi connectivity index (χ2n) is 4.82. The monoisotopic (exact) mass is 282 g/mol. The van der Waals surface area contributed by atoms with E-state index in [0.29, 0.717) is 37.5 Å². The van der Waals surface area contributed by atoms with Crippen molar-refractivity contribution in [2.45, 2.75) is 18.9 Å². The summed E-state index contributed by atoms with van der Waals surface area (Å²) in [4.78, 5) is 13.8. The van der Waals surface area contributed by atoms with Crippen molar-refractivity contribution in [3.05, 3.63) is 34.9 Å². The van der Waals surface area contributed by atoms with Crippen LogP contribution in [0.1, 0.15) is 12.0 Å². The Morgan fingerprint density at radius 2 is 2.16 bits per heavy atom. The second kappa shape index (κ2) is 6.89. The third-order valence-corrected chi connectivity index (χ3v) is 3.52. The molecule has 1 amide bonds. The number of carbonyl (C=O) groups excluding carboxylic acids is 1. The number of rotatable bonds is 3. The Bertz CT molecular complexity index is 422. The Labute approximate surface area is 118 Å². The first-order chi connectivity index (χ1) is 9.15. The molecule has 19 heavy (non-hydrogen) atoms. The van der Waals surface area contributed by atoms with Crippen LogP contribution in [0.3, 0.4) is 0 Å². The molecule has 1 unspecified atom stereocenters. The quantitative estimate of drug-likeness (QED) is 0.872. The molecule has 104 valence electrons. The molecule has 2 N–H and O–H groups in total. The molecule has 4 nitrogen and oxygen atoms in total. The molecule has 2 rings (SSSR count). The molecule has 0 saturated carbocycles. The highest BCUT2D eigenvalue weighted by Gasteiger charge is 2.19. The predicted molar refractivity (Wildman–Crippen MR) is 75.2 cm³/mol. The van der Waals surface area contributed by atoms with Gasteiger partial charge in [-0.1, -0.05) is 23.7 Å². The maximum atomic E-state index is 12.1. The lowest BCUT2D eigenvalue weighted by Crippen LogP contribution is -2.37. The summed E-state index contributed by atoms with van der Waals surface area (Å²) >= 11 is 5.82. The third-order valence-electron chi connectivity index (χ3n) is 3.26. The average molecular weight is 283 g/mol. The van der Waals surface area contributed by atoms with Crippen molar-refractivity contribution in [2.24, 2.45) is 0 Å². The van der Waals surface area contributed by atoms with Crippen molar-refractivity contribution in [1.82, 2.24) is 10.2 Å². The molecule has 1 fully saturated rings. The molecule has 1 saturated heterocycles. The minimum atomic E-state index is -0.470. The van der Waals surface area contributed by atoms with Crippen LogP contribution in [-0.2, 0) is 11.2 Å². The number of amides is 1. The number of hydrogen-bond acceptors (Lipinski definition) is 3. The van der Waals surface area contributed by atoms with Gasteiger partial charge in [0, 0.05) is 37.6 Å². The van der Waals surface area contributed by atoms with Gasteiger partial charge in [-0.3, -0.25) is 4.79 Å². The van der Waals surface area contributed by atoms with Gasteiger partial charge in [0.25, 0.3) is 0 Å². The van der Waals surface area contributed by atoms with Crippen LogP contribution in [-0.4, -0.2) is 48.2 Å². The van der Waals surface area contributed by atoms with E-state index in [1.54, 1.807) is 4.90 Å². The summed E-state index contributed by atoms with van der Waals surface area (Å²) in [6.45, 7) is 2.38. The number of nitrogens with one attached hydrogen (secondary N) is 1. The highest BCUT2D eigenvalue weighted by atomic mass is 35.5. The van der Waals surface area contributed by atoms with Gasteiger partial charge in [-0.25, -0.2) is 0 Å². The molecule has 0 bridgehead atoms. The molecule has 0 aliphatic carbocycles. The summed E-state index contributed by atoms with van der Waals surface area (Å²) in [6.07, 6.45) is 0.701. The van der Waals surface area contributed by atoms with Gasteiger partial charge >= 0.3 is 0 Å². The Hall–Kier alpha value is -1.10. The lowest BCUT2D eigenvalue weighted by Gasteiger charge is -2.21. The number of benzene rings is 1. The maximum Gasteiger partial charge on any atom is 0.223 e. The van der Waals surface area contributed by atoms with E-state index in [1.807, 2.05) is 24.3 Å². The predicted octanol–water partition coefficient (Wildman–Crippen LogP) is 1.07. The molecule has 0 spiro atoms. The average Bonchev–Trinajstić information content (AvgIpc) is 2.62. The van der Waals surface area contributed by atoms with Gasteiger partial charge in [0.2, 0.25) is 5.91 Å². The fraction of sp³-hybridized carbons (Fsp3) is 0.500. The van der Waals surface area contributed by atoms with E-state index in [-0.39, 0.29) is 5.91 Å². The van der Waals surface area contributed by atoms with Crippen LogP contribution in [0, 0.1) is 0 Å². The summed E-state index contributed by atoms with van der Waals surface area (Å²) < 4.78 is 0. The van der Waals surface area contributed by atoms with Gasteiger partial charge in [-0.2, -0.15) is 0 Å². The number of aliphatic hydroxyl groups is 1. The minimum Gasteiger partial charge on any atom is -0.390 e. The summed E-state index contributed by atoms with van der Waals surface area (Å²) in [5.74, 6) is 0.0951. The standard InChI is InChI=1S/C14H19ClN2O2/c15-12-4-1-11(2-5-12)3-6-14(19)17-8-7-16-9-13(18)10-17/h1-2,4-5,13,16,18H,3,6-10H2. The van der Waals surface area contributed by atoms with Crippen LogP contribution in [0.25, 0.3) is 0 Å². The smallest absolute Gasteiger partial charge is 0.223 e. The van der Waals surface area contributed by atoms with Crippen LogP contribution < -0.4 is 5.32 Å². The molecule has 1 aliphatic heterocycles. The molecular formula is C14H19ClN2O2. The van der Waals surface area contributed by atoms with E-state index in [1.165, 1.54) is 0 Å². The van der Waals surface area contributed by atoms with Gasteiger partial charge in [0.05, 0.1) is 6.10 Å². The molecule has 1 aromatic rings. The van der Waals surface area contributed by atoms with Crippen LogP contribution in [0.2, 0.25) is 5.02 Å². The Morgan fingerprint density at radius 1 is 1.42 bits per heavy atom. The minimum absolute atomic E-state index is 0.0951. The number of carbonyl (C=O) groups is 1. The lowest BCUT2D eigenvalue weighted by atomic mass is 10.1. The highest BCUT2D eigenvalue weighted by molar-refractivity contribution is 6.30. The van der Waals surface area contributed by atoms with E-state index >= 15 is 0 Å². The van der Waals surface area contributed by atoms with E-state index in [0.717, 1.165) is 12.1 Å². The normalized spacial score (nSPS) is 20.1. The molecule has 5 heteroatoms. The highest BCUT2D eigenvalue weighted by Crippen LogP contribution is 2.12. The number of nitrogens with zero attached hydrogens (tertiary/aromatic N) is 1. The van der Waals surface area contributed by atoms with Crippen molar-refractivity contribution >= 4 is 17.5 Å². The Morgan fingerprint density at radius 3 is 2.89 bits per heavy atom. The van der Waals surface area contributed by atoms with E-state index < -0.39 is 6.10 Å². The summed E-state index contributed by atoms with van der Waals surface area (Å²) in [5.41, 5.74) is 1.10. The first kappa shape index (κ1) is 14.3. The molecule has 1 heterocycles. The van der Waals surface area contributed by atoms with Gasteiger partial charge in [0.1, 0.15) is 0 Å². The summed E-state index contributed by atoms with van der Waals surface area (Å²) in [5, 5.41) is 13.5. The largest absolute Gasteiger partial charge is 0.390 e. The van der Waals surface area contributed by atoms with Gasteiger partial charge in [-0.05, 0) is 24.1 Å². The lowest BCUT2D eigenvalue weighted by molar-refractivity contribution is -0.132. The number of halogens is 1. The molecule has 1 aromatic carbocycles. The van der Waals surface area contributed by atoms with Crippen LogP contribution in [0.15, 0.2) is 24.3 Å². The van der Waals surface area contributed by atoms with E-state index in [4.69, 9.17) is 11.6 Å².